The first kappa shape index (κ1) is 20.9. The highest BCUT2D eigenvalue weighted by atomic mass is 32.1. The molecule has 8 nitrogen and oxygen atoms in total. The average molecular weight is 423 g/mol. The molecule has 0 fully saturated rings. The van der Waals surface area contributed by atoms with Gasteiger partial charge in [-0.3, -0.25) is 24.5 Å². The molecule has 9 heteroatoms. The fourth-order valence-corrected chi connectivity index (χ4v) is 3.52. The molecular formula is C21H17N3O5S. The second-order valence-corrected chi connectivity index (χ2v) is 7.52. The molecule has 0 aliphatic heterocycles. The third-order valence-electron chi connectivity index (χ3n) is 4.23. The van der Waals surface area contributed by atoms with Gasteiger partial charge in [0.25, 0.3) is 5.69 Å². The number of rotatable bonds is 6. The van der Waals surface area contributed by atoms with Crippen molar-refractivity contribution in [1.82, 2.24) is 5.32 Å². The van der Waals surface area contributed by atoms with Crippen LogP contribution in [-0.4, -0.2) is 22.5 Å². The van der Waals surface area contributed by atoms with Gasteiger partial charge >= 0.3 is 11.8 Å². The normalized spacial score (nSPS) is 10.3. The number of hydrogen-bond acceptors (Lipinski definition) is 6. The number of non-ortho nitro benzene ring substituents is 1. The largest absolute Gasteiger partial charge is 0.343 e. The number of ketones is 1. The molecule has 0 spiro atoms. The van der Waals surface area contributed by atoms with Crippen LogP contribution in [0.1, 0.15) is 25.7 Å². The van der Waals surface area contributed by atoms with Gasteiger partial charge < -0.3 is 10.6 Å². The number of nitrogens with one attached hydrogen (secondary N) is 2. The highest BCUT2D eigenvalue weighted by Crippen LogP contribution is 2.22. The highest BCUT2D eigenvalue weighted by molar-refractivity contribution is 7.14. The van der Waals surface area contributed by atoms with Gasteiger partial charge in [-0.2, -0.15) is 0 Å². The van der Waals surface area contributed by atoms with Crippen molar-refractivity contribution in [2.75, 3.05) is 5.32 Å². The molecule has 2 N–H and O–H groups in total. The summed E-state index contributed by atoms with van der Waals surface area (Å²) in [6.07, 6.45) is 0. The van der Waals surface area contributed by atoms with E-state index in [1.165, 1.54) is 29.5 Å². The van der Waals surface area contributed by atoms with Crippen molar-refractivity contribution in [1.29, 1.82) is 0 Å². The van der Waals surface area contributed by atoms with Crippen LogP contribution in [0.15, 0.2) is 60.7 Å². The van der Waals surface area contributed by atoms with Crippen LogP contribution in [-0.2, 0) is 16.1 Å². The van der Waals surface area contributed by atoms with Crippen LogP contribution in [0.5, 0.6) is 0 Å². The van der Waals surface area contributed by atoms with Crippen molar-refractivity contribution in [3.63, 3.8) is 0 Å². The van der Waals surface area contributed by atoms with E-state index >= 15 is 0 Å². The summed E-state index contributed by atoms with van der Waals surface area (Å²) in [5.74, 6) is -1.93. The molecule has 1 heterocycles. The van der Waals surface area contributed by atoms with Gasteiger partial charge in [-0.25, -0.2) is 0 Å². The Labute approximate surface area is 175 Å². The van der Waals surface area contributed by atoms with Gasteiger partial charge in [0.15, 0.2) is 0 Å². The molecule has 3 rings (SSSR count). The Kier molecular flexibility index (Phi) is 6.33. The standard InChI is InChI=1S/C21H17N3O5S/c1-13-7-8-15(24(28)29)11-17(13)23-21(27)20(26)22-12-16-9-10-18(30-16)19(25)14-5-3-2-4-6-14/h2-11H,12H2,1H3,(H,22,26)(H,23,27). The van der Waals surface area contributed by atoms with Crippen molar-refractivity contribution in [3.05, 3.63) is 91.7 Å². The monoisotopic (exact) mass is 423 g/mol. The van der Waals surface area contributed by atoms with E-state index in [-0.39, 0.29) is 23.7 Å². The summed E-state index contributed by atoms with van der Waals surface area (Å²) in [7, 11) is 0. The Morgan fingerprint density at radius 2 is 1.73 bits per heavy atom. The number of carbonyl (C=O) groups is 3. The van der Waals surface area contributed by atoms with Crippen molar-refractivity contribution in [3.8, 4) is 0 Å². The Bertz CT molecular complexity index is 1120. The van der Waals surface area contributed by atoms with Crippen LogP contribution in [0.25, 0.3) is 0 Å². The van der Waals surface area contributed by atoms with Crippen LogP contribution in [0.2, 0.25) is 0 Å². The quantitative estimate of drug-likeness (QED) is 0.272. The predicted molar refractivity (Wildman–Crippen MR) is 113 cm³/mol. The summed E-state index contributed by atoms with van der Waals surface area (Å²) >= 11 is 1.23. The molecule has 2 aromatic carbocycles. The molecule has 30 heavy (non-hydrogen) atoms. The van der Waals surface area contributed by atoms with E-state index in [9.17, 15) is 24.5 Å². The van der Waals surface area contributed by atoms with E-state index in [1.807, 2.05) is 6.07 Å². The lowest BCUT2D eigenvalue weighted by atomic mass is 10.1. The van der Waals surface area contributed by atoms with Crippen molar-refractivity contribution in [2.24, 2.45) is 0 Å². The van der Waals surface area contributed by atoms with E-state index in [0.29, 0.717) is 20.9 Å². The number of anilines is 1. The number of nitro benzene ring substituents is 1. The van der Waals surface area contributed by atoms with E-state index in [0.717, 1.165) is 0 Å². The van der Waals surface area contributed by atoms with Gasteiger partial charge in [-0.05, 0) is 24.6 Å². The van der Waals surface area contributed by atoms with Crippen molar-refractivity contribution < 1.29 is 19.3 Å². The number of carbonyl (C=O) groups excluding carboxylic acids is 3. The third kappa shape index (κ3) is 4.95. The van der Waals surface area contributed by atoms with Crippen LogP contribution in [0, 0.1) is 17.0 Å². The maximum atomic E-state index is 12.4. The molecule has 1 aromatic heterocycles. The van der Waals surface area contributed by atoms with Crippen molar-refractivity contribution in [2.45, 2.75) is 13.5 Å². The van der Waals surface area contributed by atoms with Gasteiger partial charge in [-0.15, -0.1) is 11.3 Å². The van der Waals surface area contributed by atoms with Crippen LogP contribution >= 0.6 is 11.3 Å². The average Bonchev–Trinajstić information content (AvgIpc) is 3.22. The maximum Gasteiger partial charge on any atom is 0.313 e. The Morgan fingerprint density at radius 3 is 2.43 bits per heavy atom. The highest BCUT2D eigenvalue weighted by Gasteiger charge is 2.17. The van der Waals surface area contributed by atoms with E-state index in [2.05, 4.69) is 10.6 Å². The molecule has 0 saturated carbocycles. The van der Waals surface area contributed by atoms with Crippen LogP contribution in [0.4, 0.5) is 11.4 Å². The number of thiophene rings is 1. The minimum Gasteiger partial charge on any atom is -0.343 e. The molecule has 0 bridgehead atoms. The zero-order chi connectivity index (χ0) is 21.7. The molecule has 152 valence electrons. The Morgan fingerprint density at radius 1 is 1.00 bits per heavy atom. The molecule has 0 saturated heterocycles. The number of benzene rings is 2. The van der Waals surface area contributed by atoms with Crippen LogP contribution in [0.3, 0.4) is 0 Å². The van der Waals surface area contributed by atoms with E-state index in [4.69, 9.17) is 0 Å². The fourth-order valence-electron chi connectivity index (χ4n) is 2.61. The first-order valence-electron chi connectivity index (χ1n) is 8.88. The predicted octanol–water partition coefficient (Wildman–Crippen LogP) is 3.45. The van der Waals surface area contributed by atoms with Crippen molar-refractivity contribution >= 4 is 40.3 Å². The minimum atomic E-state index is -0.935. The molecule has 0 aliphatic carbocycles. The first-order chi connectivity index (χ1) is 14.3. The Hall–Kier alpha value is -3.85. The number of nitrogens with zero attached hydrogens (tertiary/aromatic N) is 1. The zero-order valence-corrected chi connectivity index (χ0v) is 16.7. The first-order valence-corrected chi connectivity index (χ1v) is 9.69. The molecule has 0 unspecified atom stereocenters. The molecule has 2 amide bonds. The number of hydrogen-bond donors (Lipinski definition) is 2. The number of nitro groups is 1. The SMILES string of the molecule is Cc1ccc([N+](=O)[O-])cc1NC(=O)C(=O)NCc1ccc(C(=O)c2ccccc2)s1. The van der Waals surface area contributed by atoms with Gasteiger partial charge in [0.05, 0.1) is 22.0 Å². The summed E-state index contributed by atoms with van der Waals surface area (Å²) in [5.41, 5.74) is 1.16. The summed E-state index contributed by atoms with van der Waals surface area (Å²) in [6, 6.07) is 16.2. The molecule has 3 aromatic rings. The Balaban J connectivity index is 1.59. The molecular weight excluding hydrogens is 406 g/mol. The summed E-state index contributed by atoms with van der Waals surface area (Å²) in [5, 5.41) is 15.7. The van der Waals surface area contributed by atoms with E-state index < -0.39 is 16.7 Å². The number of amides is 2. The van der Waals surface area contributed by atoms with Gasteiger partial charge in [0.2, 0.25) is 5.78 Å². The topological polar surface area (TPSA) is 118 Å². The summed E-state index contributed by atoms with van der Waals surface area (Å²) < 4.78 is 0. The third-order valence-corrected chi connectivity index (χ3v) is 5.31. The van der Waals surface area contributed by atoms with Gasteiger partial charge in [0, 0.05) is 22.6 Å². The fraction of sp³-hybridized carbons (Fsp3) is 0.0952. The lowest BCUT2D eigenvalue weighted by Crippen LogP contribution is -2.34. The smallest absolute Gasteiger partial charge is 0.313 e. The summed E-state index contributed by atoms with van der Waals surface area (Å²) in [4.78, 5) is 48.2. The van der Waals surface area contributed by atoms with Gasteiger partial charge in [0.1, 0.15) is 0 Å². The molecule has 0 aliphatic rings. The summed E-state index contributed by atoms with van der Waals surface area (Å²) in [6.45, 7) is 1.74. The molecule has 0 atom stereocenters. The molecule has 0 radical (unpaired) electrons. The lowest BCUT2D eigenvalue weighted by molar-refractivity contribution is -0.384. The lowest BCUT2D eigenvalue weighted by Gasteiger charge is -2.08. The van der Waals surface area contributed by atoms with Crippen LogP contribution < -0.4 is 10.6 Å². The zero-order valence-electron chi connectivity index (χ0n) is 15.9. The van der Waals surface area contributed by atoms with Gasteiger partial charge in [-0.1, -0.05) is 36.4 Å². The van der Waals surface area contributed by atoms with E-state index in [1.54, 1.807) is 43.3 Å². The minimum absolute atomic E-state index is 0.0763. The second kappa shape index (κ2) is 9.10. The maximum absolute atomic E-state index is 12.4. The second-order valence-electron chi connectivity index (χ2n) is 6.35. The number of aryl methyl sites for hydroxylation is 1.